The first-order valence-corrected chi connectivity index (χ1v) is 10.2. The van der Waals surface area contributed by atoms with Gasteiger partial charge in [-0.25, -0.2) is 8.78 Å². The SMILES string of the molecule is N#Cc1ccc(C#Cc2ccc(OC=O)cc2C(F)(F)F)c(CCCOc2c(F)cccc2F)c1. The second-order valence-electron chi connectivity index (χ2n) is 7.16. The number of para-hydroxylation sites is 1. The number of hydrogen-bond acceptors (Lipinski definition) is 4. The lowest BCUT2D eigenvalue weighted by Gasteiger charge is -2.11. The molecular formula is C26H16F5NO3. The maximum Gasteiger partial charge on any atom is 0.417 e. The van der Waals surface area contributed by atoms with Gasteiger partial charge in [0.15, 0.2) is 17.4 Å². The third kappa shape index (κ3) is 6.58. The molecule has 0 aliphatic heterocycles. The summed E-state index contributed by atoms with van der Waals surface area (Å²) < 4.78 is 77.4. The van der Waals surface area contributed by atoms with E-state index in [2.05, 4.69) is 16.6 Å². The van der Waals surface area contributed by atoms with Crippen molar-refractivity contribution in [2.75, 3.05) is 6.61 Å². The summed E-state index contributed by atoms with van der Waals surface area (Å²) in [7, 11) is 0. The van der Waals surface area contributed by atoms with E-state index >= 15 is 0 Å². The molecule has 4 nitrogen and oxygen atoms in total. The van der Waals surface area contributed by atoms with Crippen LogP contribution in [0.25, 0.3) is 0 Å². The van der Waals surface area contributed by atoms with Gasteiger partial charge in [-0.1, -0.05) is 17.9 Å². The fourth-order valence-corrected chi connectivity index (χ4v) is 3.18. The molecular weight excluding hydrogens is 469 g/mol. The van der Waals surface area contributed by atoms with Crippen molar-refractivity contribution in [2.24, 2.45) is 0 Å². The van der Waals surface area contributed by atoms with Crippen LogP contribution in [0.3, 0.4) is 0 Å². The van der Waals surface area contributed by atoms with Crippen LogP contribution in [0.1, 0.15) is 34.2 Å². The fraction of sp³-hybridized carbons (Fsp3) is 0.154. The quantitative estimate of drug-likeness (QED) is 0.184. The van der Waals surface area contributed by atoms with E-state index in [0.29, 0.717) is 29.2 Å². The monoisotopic (exact) mass is 485 g/mol. The molecule has 3 aromatic carbocycles. The molecule has 3 rings (SSSR count). The Kier molecular flexibility index (Phi) is 8.06. The van der Waals surface area contributed by atoms with Gasteiger partial charge in [-0.2, -0.15) is 18.4 Å². The van der Waals surface area contributed by atoms with Gasteiger partial charge in [0.1, 0.15) is 5.75 Å². The standard InChI is InChI=1S/C26H16F5NO3/c27-23-4-1-5-24(28)25(23)34-12-2-3-20-13-17(15-32)6-7-18(20)8-9-19-10-11-21(35-16-33)14-22(19)26(29,30)31/h1,4-7,10-11,13-14,16H,2-3,12H2. The zero-order chi connectivity index (χ0) is 25.4. The molecule has 0 bridgehead atoms. The van der Waals surface area contributed by atoms with Crippen LogP contribution in [-0.4, -0.2) is 13.1 Å². The topological polar surface area (TPSA) is 59.3 Å². The summed E-state index contributed by atoms with van der Waals surface area (Å²) >= 11 is 0. The molecule has 0 radical (unpaired) electrons. The number of carbonyl (C=O) groups is 1. The molecule has 3 aromatic rings. The Morgan fingerprint density at radius 2 is 1.63 bits per heavy atom. The van der Waals surface area contributed by atoms with Gasteiger partial charge in [0.2, 0.25) is 0 Å². The Morgan fingerprint density at radius 1 is 0.943 bits per heavy atom. The van der Waals surface area contributed by atoms with Crippen molar-refractivity contribution in [2.45, 2.75) is 19.0 Å². The fourth-order valence-electron chi connectivity index (χ4n) is 3.18. The van der Waals surface area contributed by atoms with E-state index in [-0.39, 0.29) is 30.8 Å². The van der Waals surface area contributed by atoms with Gasteiger partial charge >= 0.3 is 6.18 Å². The number of nitriles is 1. The minimum atomic E-state index is -4.74. The van der Waals surface area contributed by atoms with Crippen molar-refractivity contribution in [1.82, 2.24) is 0 Å². The average molecular weight is 485 g/mol. The van der Waals surface area contributed by atoms with E-state index in [0.717, 1.165) is 18.2 Å². The predicted molar refractivity (Wildman–Crippen MR) is 115 cm³/mol. The van der Waals surface area contributed by atoms with Gasteiger partial charge in [0.25, 0.3) is 6.47 Å². The predicted octanol–water partition coefficient (Wildman–Crippen LogP) is 5.80. The van der Waals surface area contributed by atoms with Crippen molar-refractivity contribution in [1.29, 1.82) is 5.26 Å². The van der Waals surface area contributed by atoms with E-state index in [1.807, 2.05) is 6.07 Å². The lowest BCUT2D eigenvalue weighted by Crippen LogP contribution is -2.08. The maximum absolute atomic E-state index is 13.7. The summed E-state index contributed by atoms with van der Waals surface area (Å²) in [5.41, 5.74) is -0.145. The van der Waals surface area contributed by atoms with Crippen LogP contribution >= 0.6 is 0 Å². The zero-order valence-electron chi connectivity index (χ0n) is 18.0. The second kappa shape index (κ2) is 11.2. The third-order valence-electron chi connectivity index (χ3n) is 4.80. The molecule has 178 valence electrons. The van der Waals surface area contributed by atoms with Crippen LogP contribution in [0.2, 0.25) is 0 Å². The Hall–Kier alpha value is -4.37. The van der Waals surface area contributed by atoms with Crippen LogP contribution in [0, 0.1) is 34.8 Å². The summed E-state index contributed by atoms with van der Waals surface area (Å²) in [6, 6.07) is 12.8. The van der Waals surface area contributed by atoms with Gasteiger partial charge in [-0.3, -0.25) is 4.79 Å². The van der Waals surface area contributed by atoms with Crippen molar-refractivity contribution in [3.8, 4) is 29.4 Å². The highest BCUT2D eigenvalue weighted by molar-refractivity contribution is 5.54. The van der Waals surface area contributed by atoms with Crippen molar-refractivity contribution < 1.29 is 36.2 Å². The van der Waals surface area contributed by atoms with E-state index in [4.69, 9.17) is 4.74 Å². The van der Waals surface area contributed by atoms with Crippen molar-refractivity contribution >= 4 is 6.47 Å². The van der Waals surface area contributed by atoms with Gasteiger partial charge in [0.05, 0.1) is 23.8 Å². The number of rotatable bonds is 7. The molecule has 0 amide bonds. The average Bonchev–Trinajstić information content (AvgIpc) is 2.82. The molecule has 0 aliphatic rings. The Bertz CT molecular complexity index is 1310. The van der Waals surface area contributed by atoms with Crippen LogP contribution in [0.4, 0.5) is 22.0 Å². The highest BCUT2D eigenvalue weighted by Gasteiger charge is 2.33. The highest BCUT2D eigenvalue weighted by atomic mass is 19.4. The molecule has 0 unspecified atom stereocenters. The van der Waals surface area contributed by atoms with Gasteiger partial charge in [-0.15, -0.1) is 0 Å². The first-order chi connectivity index (χ1) is 16.7. The number of ether oxygens (including phenoxy) is 2. The summed E-state index contributed by atoms with van der Waals surface area (Å²) in [6.07, 6.45) is -4.16. The summed E-state index contributed by atoms with van der Waals surface area (Å²) in [5, 5.41) is 9.18. The van der Waals surface area contributed by atoms with Crippen molar-refractivity contribution in [3.05, 3.63) is 94.0 Å². The molecule has 0 atom stereocenters. The molecule has 0 spiro atoms. The Morgan fingerprint density at radius 3 is 2.29 bits per heavy atom. The molecule has 35 heavy (non-hydrogen) atoms. The van der Waals surface area contributed by atoms with E-state index in [9.17, 15) is 32.0 Å². The smallest absolute Gasteiger partial charge is 0.417 e. The number of alkyl halides is 3. The second-order valence-corrected chi connectivity index (χ2v) is 7.16. The van der Waals surface area contributed by atoms with Crippen LogP contribution in [-0.2, 0) is 17.4 Å². The molecule has 0 saturated heterocycles. The molecule has 0 heterocycles. The minimum absolute atomic E-state index is 0.0220. The summed E-state index contributed by atoms with van der Waals surface area (Å²) in [4.78, 5) is 10.4. The Labute approximate surface area is 197 Å². The van der Waals surface area contributed by atoms with Crippen molar-refractivity contribution in [3.63, 3.8) is 0 Å². The minimum Gasteiger partial charge on any atom is -0.488 e. The summed E-state index contributed by atoms with van der Waals surface area (Å²) in [5.74, 6) is 2.72. The number of halogens is 5. The third-order valence-corrected chi connectivity index (χ3v) is 4.80. The number of hydrogen-bond donors (Lipinski definition) is 0. The number of carbonyl (C=O) groups excluding carboxylic acids is 1. The number of aryl methyl sites for hydroxylation is 1. The first kappa shape index (κ1) is 25.3. The van der Waals surface area contributed by atoms with Gasteiger partial charge in [-0.05, 0) is 66.9 Å². The lowest BCUT2D eigenvalue weighted by atomic mass is 9.99. The van der Waals surface area contributed by atoms with E-state index < -0.39 is 29.1 Å². The lowest BCUT2D eigenvalue weighted by molar-refractivity contribution is -0.138. The Balaban J connectivity index is 1.83. The normalized spacial score (nSPS) is 10.6. The van der Waals surface area contributed by atoms with E-state index in [1.54, 1.807) is 6.07 Å². The highest BCUT2D eigenvalue weighted by Crippen LogP contribution is 2.34. The van der Waals surface area contributed by atoms with Gasteiger partial charge < -0.3 is 9.47 Å². The van der Waals surface area contributed by atoms with E-state index in [1.165, 1.54) is 24.3 Å². The molecule has 0 N–H and O–H groups in total. The molecule has 0 saturated carbocycles. The number of benzene rings is 3. The maximum atomic E-state index is 13.7. The zero-order valence-corrected chi connectivity index (χ0v) is 18.0. The van der Waals surface area contributed by atoms with Gasteiger partial charge in [0, 0.05) is 11.1 Å². The largest absolute Gasteiger partial charge is 0.488 e. The van der Waals surface area contributed by atoms with Crippen LogP contribution in [0.15, 0.2) is 54.6 Å². The first-order valence-electron chi connectivity index (χ1n) is 10.2. The molecule has 0 aromatic heterocycles. The summed E-state index contributed by atoms with van der Waals surface area (Å²) in [6.45, 7) is -0.0218. The molecule has 9 heteroatoms. The van der Waals surface area contributed by atoms with Crippen LogP contribution < -0.4 is 9.47 Å². The molecule has 0 fully saturated rings. The molecule has 0 aliphatic carbocycles. The number of nitrogens with zero attached hydrogens (tertiary/aromatic N) is 1. The van der Waals surface area contributed by atoms with Crippen LogP contribution in [0.5, 0.6) is 11.5 Å².